The summed E-state index contributed by atoms with van der Waals surface area (Å²) in [6.07, 6.45) is 0. The molecule has 1 amide bonds. The average molecular weight is 393 g/mol. The van der Waals surface area contributed by atoms with Gasteiger partial charge in [-0.2, -0.15) is 0 Å². The summed E-state index contributed by atoms with van der Waals surface area (Å²) in [6.45, 7) is 0. The van der Waals surface area contributed by atoms with Crippen LogP contribution in [-0.2, 0) is 9.59 Å². The van der Waals surface area contributed by atoms with Crippen LogP contribution in [0.25, 0.3) is 5.76 Å². The van der Waals surface area contributed by atoms with E-state index in [2.05, 4.69) is 21.2 Å². The zero-order chi connectivity index (χ0) is 16.6. The molecule has 1 aliphatic heterocycles. The van der Waals surface area contributed by atoms with Crippen LogP contribution in [0.4, 0.5) is 0 Å². The molecule has 0 radical (unpaired) electrons. The van der Waals surface area contributed by atoms with E-state index < -0.39 is 17.7 Å². The molecular weight excluding hydrogens is 382 g/mol. The fourth-order valence-corrected chi connectivity index (χ4v) is 2.83. The highest BCUT2D eigenvalue weighted by Crippen LogP contribution is 2.33. The van der Waals surface area contributed by atoms with Crippen LogP contribution in [-0.4, -0.2) is 16.8 Å². The zero-order valence-corrected chi connectivity index (χ0v) is 14.1. The second-order valence-corrected chi connectivity index (χ2v) is 6.41. The summed E-state index contributed by atoms with van der Waals surface area (Å²) in [6, 6.07) is 12.9. The summed E-state index contributed by atoms with van der Waals surface area (Å²) in [4.78, 5) is 24.0. The van der Waals surface area contributed by atoms with Gasteiger partial charge in [0.2, 0.25) is 0 Å². The van der Waals surface area contributed by atoms with Crippen molar-refractivity contribution in [1.82, 2.24) is 5.32 Å². The largest absolute Gasteiger partial charge is 0.507 e. The molecule has 1 aliphatic rings. The number of carbonyl (C=O) groups is 2. The maximum Gasteiger partial charge on any atom is 0.293 e. The van der Waals surface area contributed by atoms with E-state index in [1.54, 1.807) is 48.5 Å². The third-order valence-corrected chi connectivity index (χ3v) is 4.37. The van der Waals surface area contributed by atoms with Crippen molar-refractivity contribution in [2.75, 3.05) is 0 Å². The van der Waals surface area contributed by atoms with E-state index in [0.717, 1.165) is 4.47 Å². The molecule has 0 aliphatic carbocycles. The molecule has 1 fully saturated rings. The van der Waals surface area contributed by atoms with E-state index >= 15 is 0 Å². The van der Waals surface area contributed by atoms with E-state index in [9.17, 15) is 14.7 Å². The number of hydrogen-bond donors (Lipinski definition) is 2. The third kappa shape index (κ3) is 3.02. The molecule has 1 saturated heterocycles. The average Bonchev–Trinajstić information content (AvgIpc) is 2.84. The Balaban J connectivity index is 2.10. The van der Waals surface area contributed by atoms with Crippen LogP contribution < -0.4 is 5.32 Å². The van der Waals surface area contributed by atoms with Gasteiger partial charge >= 0.3 is 0 Å². The van der Waals surface area contributed by atoms with Gasteiger partial charge in [-0.3, -0.25) is 9.59 Å². The van der Waals surface area contributed by atoms with Crippen molar-refractivity contribution < 1.29 is 14.7 Å². The van der Waals surface area contributed by atoms with Crippen LogP contribution in [0, 0.1) is 0 Å². The van der Waals surface area contributed by atoms with Crippen LogP contribution in [0.5, 0.6) is 0 Å². The van der Waals surface area contributed by atoms with Gasteiger partial charge < -0.3 is 10.4 Å². The standard InChI is InChI=1S/C17H11BrClNO3/c18-11-5-1-10(2-6-11)15(21)13-14(20-17(23)16(13)22)9-3-7-12(19)8-4-9/h1-8,14,21H,(H,20,23)/t14-/m0/s1. The number of Topliss-reactive ketones (excluding diaryl/α,β-unsaturated/α-hetero) is 1. The number of benzene rings is 2. The summed E-state index contributed by atoms with van der Waals surface area (Å²) >= 11 is 9.18. The van der Waals surface area contributed by atoms with Crippen molar-refractivity contribution in [2.24, 2.45) is 0 Å². The number of amides is 1. The Morgan fingerprint density at radius 3 is 2.26 bits per heavy atom. The minimum Gasteiger partial charge on any atom is -0.507 e. The predicted molar refractivity (Wildman–Crippen MR) is 91.0 cm³/mol. The minimum atomic E-state index is -0.733. The van der Waals surface area contributed by atoms with Crippen molar-refractivity contribution in [3.8, 4) is 0 Å². The maximum atomic E-state index is 12.2. The van der Waals surface area contributed by atoms with Crippen molar-refractivity contribution in [3.05, 3.63) is 74.7 Å². The summed E-state index contributed by atoms with van der Waals surface area (Å²) in [5, 5.41) is 13.7. The van der Waals surface area contributed by atoms with Gasteiger partial charge in [0.15, 0.2) is 0 Å². The Morgan fingerprint density at radius 1 is 1.04 bits per heavy atom. The summed E-state index contributed by atoms with van der Waals surface area (Å²) < 4.78 is 0.847. The fourth-order valence-electron chi connectivity index (χ4n) is 2.43. The summed E-state index contributed by atoms with van der Waals surface area (Å²) in [5.41, 5.74) is 1.18. The van der Waals surface area contributed by atoms with Crippen LogP contribution in [0.3, 0.4) is 0 Å². The Hall–Kier alpha value is -2.11. The quantitative estimate of drug-likeness (QED) is 0.464. The first kappa shape index (κ1) is 15.8. The lowest BCUT2D eigenvalue weighted by Crippen LogP contribution is -2.21. The highest BCUT2D eigenvalue weighted by molar-refractivity contribution is 9.10. The summed E-state index contributed by atoms with van der Waals surface area (Å²) in [7, 11) is 0. The SMILES string of the molecule is O=C1N[C@@H](c2ccc(Cl)cc2)C(=C(O)c2ccc(Br)cc2)C1=O. The first-order valence-electron chi connectivity index (χ1n) is 6.77. The van der Waals surface area contributed by atoms with Crippen LogP contribution in [0.1, 0.15) is 17.2 Å². The topological polar surface area (TPSA) is 66.4 Å². The van der Waals surface area contributed by atoms with Crippen LogP contribution in [0.15, 0.2) is 58.6 Å². The van der Waals surface area contributed by atoms with Crippen molar-refractivity contribution in [1.29, 1.82) is 0 Å². The number of hydrogen-bond acceptors (Lipinski definition) is 3. The molecule has 1 atom stereocenters. The number of nitrogens with one attached hydrogen (secondary N) is 1. The second kappa shape index (κ2) is 6.18. The molecule has 2 aromatic carbocycles. The lowest BCUT2D eigenvalue weighted by molar-refractivity contribution is -0.133. The molecule has 0 aromatic heterocycles. The van der Waals surface area contributed by atoms with Gasteiger partial charge in [0.05, 0.1) is 11.6 Å². The normalized spacial score (nSPS) is 19.7. The highest BCUT2D eigenvalue weighted by Gasteiger charge is 2.39. The Kier molecular flexibility index (Phi) is 4.24. The molecule has 0 saturated carbocycles. The van der Waals surface area contributed by atoms with Crippen molar-refractivity contribution >= 4 is 45.0 Å². The fraction of sp³-hybridized carbons (Fsp3) is 0.0588. The minimum absolute atomic E-state index is 0.0413. The van der Waals surface area contributed by atoms with Crippen molar-refractivity contribution in [2.45, 2.75) is 6.04 Å². The van der Waals surface area contributed by atoms with Gasteiger partial charge in [-0.25, -0.2) is 0 Å². The second-order valence-electron chi connectivity index (χ2n) is 5.06. The Bertz CT molecular complexity index is 813. The van der Waals surface area contributed by atoms with Crippen LogP contribution in [0.2, 0.25) is 5.02 Å². The zero-order valence-electron chi connectivity index (χ0n) is 11.7. The van der Waals surface area contributed by atoms with Gasteiger partial charge in [-0.1, -0.05) is 51.8 Å². The number of aliphatic hydroxyl groups excluding tert-OH is 1. The monoisotopic (exact) mass is 391 g/mol. The number of rotatable bonds is 2. The number of aliphatic hydroxyl groups is 1. The van der Waals surface area contributed by atoms with Gasteiger partial charge in [-0.15, -0.1) is 0 Å². The lowest BCUT2D eigenvalue weighted by atomic mass is 9.96. The molecule has 116 valence electrons. The molecule has 4 nitrogen and oxygen atoms in total. The van der Waals surface area contributed by atoms with E-state index in [4.69, 9.17) is 11.6 Å². The van der Waals surface area contributed by atoms with E-state index in [1.807, 2.05) is 0 Å². The molecule has 0 spiro atoms. The third-order valence-electron chi connectivity index (χ3n) is 3.59. The Labute approximate surface area is 145 Å². The first-order chi connectivity index (χ1) is 11.0. The van der Waals surface area contributed by atoms with Gasteiger partial charge in [-0.05, 0) is 29.8 Å². The van der Waals surface area contributed by atoms with Gasteiger partial charge in [0.1, 0.15) is 5.76 Å². The first-order valence-corrected chi connectivity index (χ1v) is 7.94. The smallest absolute Gasteiger partial charge is 0.293 e. The molecule has 23 heavy (non-hydrogen) atoms. The van der Waals surface area contributed by atoms with Crippen LogP contribution >= 0.6 is 27.5 Å². The molecule has 0 bridgehead atoms. The van der Waals surface area contributed by atoms with Gasteiger partial charge in [0.25, 0.3) is 11.7 Å². The molecule has 3 rings (SSSR count). The van der Waals surface area contributed by atoms with E-state index in [-0.39, 0.29) is 11.3 Å². The van der Waals surface area contributed by atoms with Gasteiger partial charge in [0, 0.05) is 15.1 Å². The lowest BCUT2D eigenvalue weighted by Gasteiger charge is -2.13. The molecule has 0 unspecified atom stereocenters. The Morgan fingerprint density at radius 2 is 1.65 bits per heavy atom. The highest BCUT2D eigenvalue weighted by atomic mass is 79.9. The number of ketones is 1. The van der Waals surface area contributed by atoms with E-state index in [0.29, 0.717) is 16.1 Å². The molecule has 2 N–H and O–H groups in total. The summed E-state index contributed by atoms with van der Waals surface area (Å²) in [5.74, 6) is -1.67. The maximum absolute atomic E-state index is 12.2. The van der Waals surface area contributed by atoms with E-state index in [1.165, 1.54) is 0 Å². The molecule has 2 aromatic rings. The number of halogens is 2. The molecule has 1 heterocycles. The van der Waals surface area contributed by atoms with Crippen molar-refractivity contribution in [3.63, 3.8) is 0 Å². The molecule has 6 heteroatoms. The number of carbonyl (C=O) groups excluding carboxylic acids is 2. The molecular formula is C17H11BrClNO3. The predicted octanol–water partition coefficient (Wildman–Crippen LogP) is 3.81.